The second-order valence-electron chi connectivity index (χ2n) is 3.11. The van der Waals surface area contributed by atoms with E-state index in [1.165, 1.54) is 0 Å². The van der Waals surface area contributed by atoms with Crippen LogP contribution in [0.2, 0.25) is 5.02 Å². The number of halogens is 1. The predicted molar refractivity (Wildman–Crippen MR) is 54.9 cm³/mol. The van der Waals surface area contributed by atoms with Crippen LogP contribution in [0.15, 0.2) is 18.2 Å². The van der Waals surface area contributed by atoms with Crippen LogP contribution in [-0.2, 0) is 0 Å². The van der Waals surface area contributed by atoms with Crippen molar-refractivity contribution in [2.24, 2.45) is 0 Å². The Morgan fingerprint density at radius 1 is 1.46 bits per heavy atom. The van der Waals surface area contributed by atoms with Gasteiger partial charge in [-0.1, -0.05) is 11.6 Å². The maximum absolute atomic E-state index is 8.67. The van der Waals surface area contributed by atoms with Gasteiger partial charge in [-0.25, -0.2) is 0 Å². The molecule has 68 valence electrons. The van der Waals surface area contributed by atoms with Gasteiger partial charge < -0.3 is 5.32 Å². The zero-order chi connectivity index (χ0) is 9.84. The third-order valence-corrected chi connectivity index (χ3v) is 1.87. The highest BCUT2D eigenvalue weighted by atomic mass is 35.5. The van der Waals surface area contributed by atoms with E-state index in [2.05, 4.69) is 11.4 Å². The third kappa shape index (κ3) is 2.64. The van der Waals surface area contributed by atoms with Crippen molar-refractivity contribution in [2.75, 3.05) is 5.32 Å². The summed E-state index contributed by atoms with van der Waals surface area (Å²) in [6.45, 7) is 4.05. The van der Waals surface area contributed by atoms with Crippen molar-refractivity contribution < 1.29 is 0 Å². The van der Waals surface area contributed by atoms with Crippen LogP contribution in [0.3, 0.4) is 0 Å². The van der Waals surface area contributed by atoms with Gasteiger partial charge in [0, 0.05) is 6.04 Å². The zero-order valence-electron chi connectivity index (χ0n) is 7.63. The number of nitrogens with zero attached hydrogens (tertiary/aromatic N) is 1. The van der Waals surface area contributed by atoms with Crippen molar-refractivity contribution in [3.8, 4) is 6.07 Å². The maximum atomic E-state index is 8.67. The van der Waals surface area contributed by atoms with E-state index in [1.54, 1.807) is 18.2 Å². The minimum Gasteiger partial charge on any atom is -0.382 e. The van der Waals surface area contributed by atoms with Gasteiger partial charge in [0.25, 0.3) is 0 Å². The summed E-state index contributed by atoms with van der Waals surface area (Å²) in [5.74, 6) is 0. The smallest absolute Gasteiger partial charge is 0.0992 e. The summed E-state index contributed by atoms with van der Waals surface area (Å²) in [7, 11) is 0. The molecule has 1 aromatic carbocycles. The van der Waals surface area contributed by atoms with Crippen LogP contribution in [-0.4, -0.2) is 6.04 Å². The van der Waals surface area contributed by atoms with Crippen LogP contribution < -0.4 is 5.32 Å². The molecule has 0 aliphatic carbocycles. The van der Waals surface area contributed by atoms with E-state index in [-0.39, 0.29) is 0 Å². The molecule has 1 rings (SSSR count). The summed E-state index contributed by atoms with van der Waals surface area (Å²) in [5, 5.41) is 12.5. The molecule has 1 N–H and O–H groups in total. The van der Waals surface area contributed by atoms with Crippen LogP contribution in [0, 0.1) is 11.3 Å². The summed E-state index contributed by atoms with van der Waals surface area (Å²) in [6, 6.07) is 7.56. The molecule has 0 aliphatic heterocycles. The topological polar surface area (TPSA) is 35.8 Å². The molecule has 0 spiro atoms. The van der Waals surface area contributed by atoms with Gasteiger partial charge >= 0.3 is 0 Å². The molecule has 3 heteroatoms. The molecule has 0 saturated heterocycles. The predicted octanol–water partition coefficient (Wildman–Crippen LogP) is 3.03. The average molecular weight is 195 g/mol. The molecule has 0 bridgehead atoms. The van der Waals surface area contributed by atoms with Gasteiger partial charge in [-0.15, -0.1) is 0 Å². The lowest BCUT2D eigenvalue weighted by Gasteiger charge is -2.11. The molecule has 0 heterocycles. The molecule has 2 nitrogen and oxygen atoms in total. The number of hydrogen-bond acceptors (Lipinski definition) is 2. The van der Waals surface area contributed by atoms with Gasteiger partial charge in [0.1, 0.15) is 0 Å². The Balaban J connectivity index is 2.99. The third-order valence-electron chi connectivity index (χ3n) is 1.54. The lowest BCUT2D eigenvalue weighted by Crippen LogP contribution is -2.10. The number of nitrogens with one attached hydrogen (secondary N) is 1. The average Bonchev–Trinajstić information content (AvgIpc) is 2.08. The number of hydrogen-bond donors (Lipinski definition) is 1. The monoisotopic (exact) mass is 194 g/mol. The summed E-state index contributed by atoms with van der Waals surface area (Å²) in [6.07, 6.45) is 0. The van der Waals surface area contributed by atoms with Crippen LogP contribution in [0.1, 0.15) is 19.4 Å². The van der Waals surface area contributed by atoms with Crippen molar-refractivity contribution in [2.45, 2.75) is 19.9 Å². The highest BCUT2D eigenvalue weighted by Crippen LogP contribution is 2.23. The van der Waals surface area contributed by atoms with E-state index in [9.17, 15) is 0 Å². The van der Waals surface area contributed by atoms with Gasteiger partial charge in [0.15, 0.2) is 0 Å². The summed E-state index contributed by atoms with van der Waals surface area (Å²) in [4.78, 5) is 0. The summed E-state index contributed by atoms with van der Waals surface area (Å²) in [5.41, 5.74) is 1.43. The lowest BCUT2D eigenvalue weighted by molar-refractivity contribution is 0.900. The van der Waals surface area contributed by atoms with Gasteiger partial charge in [-0.3, -0.25) is 0 Å². The molecule has 1 aromatic rings. The van der Waals surface area contributed by atoms with Gasteiger partial charge in [-0.05, 0) is 32.0 Å². The quantitative estimate of drug-likeness (QED) is 0.786. The highest BCUT2D eigenvalue weighted by molar-refractivity contribution is 6.33. The Morgan fingerprint density at radius 3 is 2.69 bits per heavy atom. The van der Waals surface area contributed by atoms with E-state index in [4.69, 9.17) is 16.9 Å². The molecule has 0 unspecified atom stereocenters. The molecular weight excluding hydrogens is 184 g/mol. The van der Waals surface area contributed by atoms with Crippen molar-refractivity contribution in [1.82, 2.24) is 0 Å². The second-order valence-corrected chi connectivity index (χ2v) is 3.51. The van der Waals surface area contributed by atoms with Gasteiger partial charge in [0.05, 0.1) is 22.3 Å². The molecule has 0 aliphatic rings. The van der Waals surface area contributed by atoms with Crippen molar-refractivity contribution in [3.05, 3.63) is 28.8 Å². The molecule has 0 radical (unpaired) electrons. The number of rotatable bonds is 2. The zero-order valence-corrected chi connectivity index (χ0v) is 8.39. The highest BCUT2D eigenvalue weighted by Gasteiger charge is 2.02. The first-order valence-corrected chi connectivity index (χ1v) is 4.47. The fourth-order valence-corrected chi connectivity index (χ4v) is 1.19. The lowest BCUT2D eigenvalue weighted by atomic mass is 10.2. The fraction of sp³-hybridized carbons (Fsp3) is 0.300. The Bertz CT molecular complexity index is 339. The largest absolute Gasteiger partial charge is 0.382 e. The fourth-order valence-electron chi connectivity index (χ4n) is 1.02. The molecule has 0 amide bonds. The second kappa shape index (κ2) is 4.15. The van der Waals surface area contributed by atoms with E-state index < -0.39 is 0 Å². The minimum atomic E-state index is 0.312. The molecular formula is C10H11ClN2. The minimum absolute atomic E-state index is 0.312. The van der Waals surface area contributed by atoms with Gasteiger partial charge in [-0.2, -0.15) is 5.26 Å². The van der Waals surface area contributed by atoms with Crippen LogP contribution >= 0.6 is 11.6 Å². The van der Waals surface area contributed by atoms with Crippen LogP contribution in [0.25, 0.3) is 0 Å². The van der Waals surface area contributed by atoms with E-state index >= 15 is 0 Å². The Hall–Kier alpha value is -1.20. The Morgan fingerprint density at radius 2 is 2.15 bits per heavy atom. The van der Waals surface area contributed by atoms with Gasteiger partial charge in [0.2, 0.25) is 0 Å². The molecule has 0 atom stereocenters. The first-order chi connectivity index (χ1) is 6.13. The molecule has 0 aromatic heterocycles. The number of benzene rings is 1. The Labute approximate surface area is 83.1 Å². The normalized spacial score (nSPS) is 9.77. The first-order valence-electron chi connectivity index (χ1n) is 4.09. The van der Waals surface area contributed by atoms with Crippen molar-refractivity contribution >= 4 is 17.3 Å². The summed E-state index contributed by atoms with van der Waals surface area (Å²) >= 11 is 5.93. The first kappa shape index (κ1) is 9.88. The Kier molecular flexibility index (Phi) is 3.16. The standard InChI is InChI=1S/C10H11ClN2/c1-7(2)13-10-5-8(6-12)3-4-9(10)11/h3-5,7,13H,1-2H3. The van der Waals surface area contributed by atoms with Crippen LogP contribution in [0.4, 0.5) is 5.69 Å². The van der Waals surface area contributed by atoms with Crippen LogP contribution in [0.5, 0.6) is 0 Å². The summed E-state index contributed by atoms with van der Waals surface area (Å²) < 4.78 is 0. The number of anilines is 1. The van der Waals surface area contributed by atoms with E-state index in [1.807, 2.05) is 13.8 Å². The number of nitriles is 1. The molecule has 0 saturated carbocycles. The van der Waals surface area contributed by atoms with E-state index in [0.29, 0.717) is 16.6 Å². The maximum Gasteiger partial charge on any atom is 0.0992 e. The molecule has 13 heavy (non-hydrogen) atoms. The van der Waals surface area contributed by atoms with Crippen molar-refractivity contribution in [1.29, 1.82) is 5.26 Å². The SMILES string of the molecule is CC(C)Nc1cc(C#N)ccc1Cl. The van der Waals surface area contributed by atoms with Crippen molar-refractivity contribution in [3.63, 3.8) is 0 Å². The van der Waals surface area contributed by atoms with E-state index in [0.717, 1.165) is 5.69 Å². The molecule has 0 fully saturated rings.